The zero-order chi connectivity index (χ0) is 18.9. The first kappa shape index (κ1) is 17.6. The molecule has 0 fully saturated rings. The Morgan fingerprint density at radius 3 is 2.50 bits per heavy atom. The zero-order valence-corrected chi connectivity index (χ0v) is 13.7. The Morgan fingerprint density at radius 1 is 1.23 bits per heavy atom. The predicted molar refractivity (Wildman–Crippen MR) is 81.9 cm³/mol. The summed E-state index contributed by atoms with van der Waals surface area (Å²) in [5, 5.41) is 11.0. The van der Waals surface area contributed by atoms with Crippen molar-refractivity contribution >= 4 is 5.91 Å². The number of carbonyl (C=O) groups is 1. The summed E-state index contributed by atoms with van der Waals surface area (Å²) in [5.74, 6) is -1.80. The van der Waals surface area contributed by atoms with E-state index >= 15 is 0 Å². The van der Waals surface area contributed by atoms with Gasteiger partial charge in [-0.1, -0.05) is 34.6 Å². The maximum atomic E-state index is 12.5. The SMILES string of the molecule is CN(C)C(=O)c1cn(Cc2ccc(-c3noc(C(F)(F)F)n3)cc2)nn1. The number of halogens is 3. The highest BCUT2D eigenvalue weighted by molar-refractivity contribution is 5.91. The van der Waals surface area contributed by atoms with Crippen LogP contribution in [0.2, 0.25) is 0 Å². The maximum absolute atomic E-state index is 12.5. The maximum Gasteiger partial charge on any atom is 0.471 e. The molecule has 0 aliphatic rings. The fourth-order valence-corrected chi connectivity index (χ4v) is 2.10. The molecule has 2 heterocycles. The van der Waals surface area contributed by atoms with Gasteiger partial charge in [0, 0.05) is 19.7 Å². The second-order valence-electron chi connectivity index (χ2n) is 5.62. The van der Waals surface area contributed by atoms with Gasteiger partial charge >= 0.3 is 12.1 Å². The number of nitrogens with zero attached hydrogens (tertiary/aromatic N) is 6. The van der Waals surface area contributed by atoms with Gasteiger partial charge in [-0.15, -0.1) is 5.10 Å². The van der Waals surface area contributed by atoms with Crippen LogP contribution in [0.1, 0.15) is 21.9 Å². The average molecular weight is 366 g/mol. The van der Waals surface area contributed by atoms with Crippen molar-refractivity contribution in [1.82, 2.24) is 30.0 Å². The van der Waals surface area contributed by atoms with E-state index in [2.05, 4.69) is 25.0 Å². The Labute approximate surface area is 145 Å². The lowest BCUT2D eigenvalue weighted by Gasteiger charge is -2.06. The van der Waals surface area contributed by atoms with E-state index in [1.807, 2.05) is 0 Å². The Morgan fingerprint density at radius 2 is 1.92 bits per heavy atom. The number of rotatable bonds is 4. The fraction of sp³-hybridized carbons (Fsp3) is 0.267. The molecule has 0 saturated carbocycles. The van der Waals surface area contributed by atoms with E-state index in [0.29, 0.717) is 12.1 Å². The number of hydrogen-bond acceptors (Lipinski definition) is 6. The van der Waals surface area contributed by atoms with Crippen LogP contribution in [-0.4, -0.2) is 50.0 Å². The molecule has 0 unspecified atom stereocenters. The van der Waals surface area contributed by atoms with Crippen molar-refractivity contribution in [3.05, 3.63) is 47.6 Å². The van der Waals surface area contributed by atoms with Crippen molar-refractivity contribution < 1.29 is 22.5 Å². The third-order valence-corrected chi connectivity index (χ3v) is 3.39. The molecular formula is C15H13F3N6O2. The molecule has 3 aromatic rings. The zero-order valence-electron chi connectivity index (χ0n) is 13.7. The molecular weight excluding hydrogens is 353 g/mol. The van der Waals surface area contributed by atoms with Gasteiger partial charge in [-0.3, -0.25) is 4.79 Å². The molecule has 136 valence electrons. The molecule has 0 aliphatic heterocycles. The van der Waals surface area contributed by atoms with Crippen molar-refractivity contribution in [2.75, 3.05) is 14.1 Å². The minimum Gasteiger partial charge on any atom is -0.343 e. The third-order valence-electron chi connectivity index (χ3n) is 3.39. The van der Waals surface area contributed by atoms with Crippen molar-refractivity contribution in [3.63, 3.8) is 0 Å². The summed E-state index contributed by atoms with van der Waals surface area (Å²) < 4.78 is 43.2. The molecule has 0 atom stereocenters. The summed E-state index contributed by atoms with van der Waals surface area (Å²) in [5.41, 5.74) is 1.41. The molecule has 0 N–H and O–H groups in total. The number of carbonyl (C=O) groups excluding carboxylic acids is 1. The molecule has 0 spiro atoms. The van der Waals surface area contributed by atoms with Crippen LogP contribution >= 0.6 is 0 Å². The van der Waals surface area contributed by atoms with Gasteiger partial charge in [0.05, 0.1) is 12.7 Å². The van der Waals surface area contributed by atoms with Gasteiger partial charge in [-0.2, -0.15) is 18.2 Å². The van der Waals surface area contributed by atoms with Gasteiger partial charge in [0.15, 0.2) is 5.69 Å². The molecule has 1 amide bonds. The Balaban J connectivity index is 1.72. The normalized spacial score (nSPS) is 11.6. The monoisotopic (exact) mass is 366 g/mol. The van der Waals surface area contributed by atoms with Crippen LogP contribution in [0.3, 0.4) is 0 Å². The van der Waals surface area contributed by atoms with Gasteiger partial charge < -0.3 is 9.42 Å². The van der Waals surface area contributed by atoms with E-state index in [-0.39, 0.29) is 17.4 Å². The minimum atomic E-state index is -4.68. The summed E-state index contributed by atoms with van der Waals surface area (Å²) in [7, 11) is 3.23. The van der Waals surface area contributed by atoms with Gasteiger partial charge in [0.25, 0.3) is 5.91 Å². The van der Waals surface area contributed by atoms with E-state index in [1.54, 1.807) is 38.4 Å². The number of hydrogen-bond donors (Lipinski definition) is 0. The van der Waals surface area contributed by atoms with Crippen LogP contribution in [0.4, 0.5) is 13.2 Å². The van der Waals surface area contributed by atoms with Crippen molar-refractivity contribution in [2.45, 2.75) is 12.7 Å². The van der Waals surface area contributed by atoms with E-state index in [9.17, 15) is 18.0 Å². The lowest BCUT2D eigenvalue weighted by molar-refractivity contribution is -0.159. The van der Waals surface area contributed by atoms with Gasteiger partial charge in [-0.25, -0.2) is 4.68 Å². The second-order valence-corrected chi connectivity index (χ2v) is 5.62. The second kappa shape index (κ2) is 6.58. The van der Waals surface area contributed by atoms with Crippen molar-refractivity contribution in [3.8, 4) is 11.4 Å². The molecule has 0 radical (unpaired) electrons. The first-order valence-electron chi connectivity index (χ1n) is 7.36. The Hall–Kier alpha value is -3.24. The van der Waals surface area contributed by atoms with Crippen LogP contribution in [0.5, 0.6) is 0 Å². The summed E-state index contributed by atoms with van der Waals surface area (Å²) in [4.78, 5) is 16.5. The van der Waals surface area contributed by atoms with Crippen LogP contribution in [0, 0.1) is 0 Å². The standard InChI is InChI=1S/C15H13F3N6O2/c1-23(2)13(25)11-8-24(22-20-11)7-9-3-5-10(6-4-9)12-19-14(26-21-12)15(16,17)18/h3-6,8H,7H2,1-2H3. The number of alkyl halides is 3. The van der Waals surface area contributed by atoms with Gasteiger partial charge in [0.1, 0.15) is 0 Å². The minimum absolute atomic E-state index is 0.150. The highest BCUT2D eigenvalue weighted by Gasteiger charge is 2.38. The summed E-state index contributed by atoms with van der Waals surface area (Å²) >= 11 is 0. The topological polar surface area (TPSA) is 89.9 Å². The van der Waals surface area contributed by atoms with Gasteiger partial charge in [0.2, 0.25) is 5.82 Å². The fourth-order valence-electron chi connectivity index (χ4n) is 2.10. The highest BCUT2D eigenvalue weighted by Crippen LogP contribution is 2.29. The lowest BCUT2D eigenvalue weighted by atomic mass is 10.1. The third kappa shape index (κ3) is 3.71. The number of amides is 1. The van der Waals surface area contributed by atoms with Crippen molar-refractivity contribution in [1.29, 1.82) is 0 Å². The Kier molecular flexibility index (Phi) is 4.45. The lowest BCUT2D eigenvalue weighted by Crippen LogP contribution is -2.21. The van der Waals surface area contributed by atoms with Crippen LogP contribution in [0.25, 0.3) is 11.4 Å². The van der Waals surface area contributed by atoms with E-state index in [1.165, 1.54) is 15.8 Å². The quantitative estimate of drug-likeness (QED) is 0.702. The van der Waals surface area contributed by atoms with Crippen molar-refractivity contribution in [2.24, 2.45) is 0 Å². The van der Waals surface area contributed by atoms with E-state index < -0.39 is 12.1 Å². The summed E-state index contributed by atoms with van der Waals surface area (Å²) in [6.07, 6.45) is -3.16. The number of benzene rings is 1. The molecule has 11 heteroatoms. The smallest absolute Gasteiger partial charge is 0.343 e. The summed E-state index contributed by atoms with van der Waals surface area (Å²) in [6, 6.07) is 6.52. The number of aromatic nitrogens is 5. The van der Waals surface area contributed by atoms with Crippen LogP contribution in [-0.2, 0) is 12.7 Å². The van der Waals surface area contributed by atoms with Gasteiger partial charge in [-0.05, 0) is 5.56 Å². The van der Waals surface area contributed by atoms with Crippen LogP contribution in [0.15, 0.2) is 35.0 Å². The van der Waals surface area contributed by atoms with Crippen LogP contribution < -0.4 is 0 Å². The first-order valence-corrected chi connectivity index (χ1v) is 7.36. The molecule has 0 aliphatic carbocycles. The largest absolute Gasteiger partial charge is 0.471 e. The Bertz CT molecular complexity index is 914. The highest BCUT2D eigenvalue weighted by atomic mass is 19.4. The van der Waals surface area contributed by atoms with E-state index in [0.717, 1.165) is 5.56 Å². The summed E-state index contributed by atoms with van der Waals surface area (Å²) in [6.45, 7) is 0.341. The van der Waals surface area contributed by atoms with E-state index in [4.69, 9.17) is 0 Å². The molecule has 1 aromatic carbocycles. The predicted octanol–water partition coefficient (Wildman–Crippen LogP) is 2.10. The molecule has 3 rings (SSSR count). The molecule has 0 saturated heterocycles. The molecule has 0 bridgehead atoms. The molecule has 8 nitrogen and oxygen atoms in total. The molecule has 26 heavy (non-hydrogen) atoms. The average Bonchev–Trinajstić information content (AvgIpc) is 3.24. The molecule has 2 aromatic heterocycles. The first-order chi connectivity index (χ1) is 12.2.